The number of benzene rings is 15. The van der Waals surface area contributed by atoms with Crippen molar-refractivity contribution in [2.75, 3.05) is 0 Å². The van der Waals surface area contributed by atoms with Crippen LogP contribution in [-0.2, 0) is 11.2 Å². The molecule has 1 aliphatic rings. The van der Waals surface area contributed by atoms with E-state index in [9.17, 15) is 43.2 Å². The molecule has 18 nitrogen and oxygen atoms in total. The summed E-state index contributed by atoms with van der Waals surface area (Å²) in [6.07, 6.45) is 25.9. The van der Waals surface area contributed by atoms with E-state index in [1.54, 1.807) is 221 Å². The van der Waals surface area contributed by atoms with E-state index < -0.39 is 35.8 Å². The van der Waals surface area contributed by atoms with Gasteiger partial charge in [-0.25, -0.2) is 43.2 Å². The summed E-state index contributed by atoms with van der Waals surface area (Å²) >= 11 is 0. The molecule has 0 aromatic heterocycles. The first-order valence-corrected chi connectivity index (χ1v) is 48.9. The van der Waals surface area contributed by atoms with Gasteiger partial charge in [-0.3, -0.25) is 0 Å². The van der Waals surface area contributed by atoms with E-state index in [1.165, 1.54) is 42.4 Å². The lowest BCUT2D eigenvalue weighted by Gasteiger charge is -2.26. The van der Waals surface area contributed by atoms with Gasteiger partial charge in [0.1, 0.15) is 51.7 Å². The standard InChI is InChI=1S/C27H24O4.C25H20O4.C24H28O2.C22H18O2.C18H16O4.C16H14O2/c1-4-6-20-8-12-22(13-9-20)26(28)30-24-16-17-25(19(3)18-24)31-27(29)23-14-10-21(7-5-2)11-15-23;1-4-18-6-10-20(11-7-18)24(26)28-22-14-15-23(17(3)16-22)29-25(27)21-12-8-19(5-2)9-13-21;1-3-4-5-19-8-12-22(13-9-19)24(25)26-23-16-14-21(15-17-23)20-10-6-18(2)7-11-20;1-3-17-6-10-20(11-7-17)22(23)24-21-14-12-19(13-15-21)18-8-4-16(2)5-9-18;1-4-17(19)22-16-10-7-14(11-13(16)3)18(20)21-15-8-5-12(2)6-9-15;1-3-13-6-8-14(9-7-13)16(17)18-15-10-4-12(2)5-11-15/h4-18H,1-3H3;4-16H,1-2H2,3H3;3-4,8-9,12-18,20H,5-7,10-11H2,1-2H3;3-15H,1H2,2H3;4-11H,1H2,2-3H3;3-11H,1H2,2H3/b;;4-3+;;;. The van der Waals surface area contributed by atoms with Gasteiger partial charge in [-0.15, -0.1) is 0 Å². The van der Waals surface area contributed by atoms with Crippen molar-refractivity contribution < 1.29 is 85.8 Å². The maximum absolute atomic E-state index is 12.4. The van der Waals surface area contributed by atoms with Gasteiger partial charge in [0.15, 0.2) is 0 Å². The minimum absolute atomic E-state index is 0.304. The van der Waals surface area contributed by atoms with Crippen LogP contribution < -0.4 is 42.6 Å². The van der Waals surface area contributed by atoms with Crippen LogP contribution in [0.5, 0.6) is 51.7 Å². The normalized spacial score (nSPS) is 12.0. The Kier molecular flexibility index (Phi) is 42.7. The Morgan fingerprint density at radius 2 is 0.513 bits per heavy atom. The highest BCUT2D eigenvalue weighted by atomic mass is 16.6. The largest absolute Gasteiger partial charge is 0.423 e. The minimum Gasteiger partial charge on any atom is -0.423 e. The fourth-order valence-electron chi connectivity index (χ4n) is 14.9. The van der Waals surface area contributed by atoms with Crippen molar-refractivity contribution >= 4 is 90.2 Å². The molecule has 15 aromatic carbocycles. The molecule has 0 unspecified atom stereocenters. The number of rotatable bonds is 28. The summed E-state index contributed by atoms with van der Waals surface area (Å²) in [7, 11) is 0. The fraction of sp³-hybridized carbons (Fsp3) is 0.129. The first-order chi connectivity index (χ1) is 72.5. The number of allylic oxidation sites excluding steroid dienone is 4. The Morgan fingerprint density at radius 3 is 0.820 bits per heavy atom. The van der Waals surface area contributed by atoms with Crippen LogP contribution in [-0.4, -0.2) is 53.7 Å². The van der Waals surface area contributed by atoms with E-state index in [2.05, 4.69) is 89.2 Å². The third-order valence-corrected chi connectivity index (χ3v) is 23.7. The second kappa shape index (κ2) is 57.2. The Morgan fingerprint density at radius 1 is 0.260 bits per heavy atom. The lowest BCUT2D eigenvalue weighted by Crippen LogP contribution is -2.11. The second-order valence-electron chi connectivity index (χ2n) is 35.1. The molecule has 0 bridgehead atoms. The highest BCUT2D eigenvalue weighted by Gasteiger charge is 2.23. The fourth-order valence-corrected chi connectivity index (χ4v) is 14.9. The molecular weight excluding hydrogens is 1870 g/mol. The van der Waals surface area contributed by atoms with Gasteiger partial charge in [-0.1, -0.05) is 288 Å². The van der Waals surface area contributed by atoms with Crippen LogP contribution in [0.25, 0.3) is 47.6 Å². The molecule has 756 valence electrons. The molecule has 15 aromatic rings. The van der Waals surface area contributed by atoms with Crippen molar-refractivity contribution in [1.29, 1.82) is 0 Å². The van der Waals surface area contributed by atoms with Gasteiger partial charge in [-0.05, 0) is 354 Å². The van der Waals surface area contributed by atoms with Gasteiger partial charge >= 0.3 is 53.7 Å². The van der Waals surface area contributed by atoms with E-state index in [1.807, 2.05) is 198 Å². The smallest absolute Gasteiger partial charge is 0.343 e. The van der Waals surface area contributed by atoms with Crippen LogP contribution in [0.15, 0.2) is 409 Å². The van der Waals surface area contributed by atoms with Gasteiger partial charge in [0, 0.05) is 6.08 Å². The molecular formula is C132H120O18. The Labute approximate surface area is 878 Å². The van der Waals surface area contributed by atoms with Crippen LogP contribution in [0.1, 0.15) is 220 Å². The summed E-state index contributed by atoms with van der Waals surface area (Å²) in [5, 5.41) is 0. The molecule has 0 radical (unpaired) electrons. The lowest BCUT2D eigenvalue weighted by molar-refractivity contribution is -0.129. The molecule has 1 saturated carbocycles. The molecule has 0 atom stereocenters. The summed E-state index contributed by atoms with van der Waals surface area (Å²) in [6, 6.07) is 103. The van der Waals surface area contributed by atoms with Crippen LogP contribution in [0, 0.1) is 47.5 Å². The van der Waals surface area contributed by atoms with Crippen LogP contribution in [0.3, 0.4) is 0 Å². The van der Waals surface area contributed by atoms with Crippen molar-refractivity contribution in [1.82, 2.24) is 0 Å². The molecule has 0 amide bonds. The van der Waals surface area contributed by atoms with E-state index >= 15 is 0 Å². The number of aryl methyl sites for hydroxylation is 6. The van der Waals surface area contributed by atoms with Crippen molar-refractivity contribution in [3.05, 3.63) is 531 Å². The van der Waals surface area contributed by atoms with Crippen molar-refractivity contribution in [2.45, 2.75) is 107 Å². The zero-order valence-corrected chi connectivity index (χ0v) is 85.8. The molecule has 150 heavy (non-hydrogen) atoms. The third-order valence-electron chi connectivity index (χ3n) is 23.7. The summed E-state index contributed by atoms with van der Waals surface area (Å²) in [5.41, 5.74) is 19.9. The highest BCUT2D eigenvalue weighted by molar-refractivity contribution is 5.97. The van der Waals surface area contributed by atoms with E-state index in [0.29, 0.717) is 119 Å². The molecule has 16 rings (SSSR count). The molecule has 0 aliphatic heterocycles. The van der Waals surface area contributed by atoms with Gasteiger partial charge in [-0.2, -0.15) is 0 Å². The van der Waals surface area contributed by atoms with Crippen LogP contribution in [0.4, 0.5) is 0 Å². The quantitative estimate of drug-likeness (QED) is 0.0192. The van der Waals surface area contributed by atoms with Crippen molar-refractivity contribution in [3.8, 4) is 62.9 Å². The van der Waals surface area contributed by atoms with Gasteiger partial charge in [0.25, 0.3) is 0 Å². The first-order valence-electron chi connectivity index (χ1n) is 48.9. The van der Waals surface area contributed by atoms with Crippen LogP contribution >= 0.6 is 0 Å². The third kappa shape index (κ3) is 35.2. The van der Waals surface area contributed by atoms with E-state index in [0.717, 1.165) is 74.0 Å². The highest BCUT2D eigenvalue weighted by Crippen LogP contribution is 2.37. The van der Waals surface area contributed by atoms with E-state index in [-0.39, 0.29) is 17.9 Å². The van der Waals surface area contributed by atoms with Gasteiger partial charge < -0.3 is 42.6 Å². The maximum Gasteiger partial charge on any atom is 0.343 e. The summed E-state index contributed by atoms with van der Waals surface area (Å²) in [4.78, 5) is 109. The molecule has 1 fully saturated rings. The summed E-state index contributed by atoms with van der Waals surface area (Å²) in [6.45, 7) is 37.6. The zero-order valence-electron chi connectivity index (χ0n) is 85.8. The number of esters is 9. The predicted molar refractivity (Wildman–Crippen MR) is 598 cm³/mol. The lowest BCUT2D eigenvalue weighted by atomic mass is 9.79. The number of carbonyl (C=O) groups is 9. The van der Waals surface area contributed by atoms with Crippen molar-refractivity contribution in [3.63, 3.8) is 0 Å². The van der Waals surface area contributed by atoms with Crippen LogP contribution in [0.2, 0.25) is 0 Å². The topological polar surface area (TPSA) is 237 Å². The molecule has 0 spiro atoms. The van der Waals surface area contributed by atoms with Crippen molar-refractivity contribution in [2.24, 2.45) is 5.92 Å². The number of hydrogen-bond donors (Lipinski definition) is 0. The molecule has 0 N–H and O–H groups in total. The number of ether oxygens (including phenoxy) is 9. The molecule has 0 heterocycles. The Balaban J connectivity index is 0.000000172. The molecule has 18 heteroatoms. The molecule has 1 aliphatic carbocycles. The monoisotopic (exact) mass is 1990 g/mol. The Hall–Kier alpha value is -18.6. The van der Waals surface area contributed by atoms with E-state index in [4.69, 9.17) is 42.6 Å². The Bertz CT molecular complexity index is 7270. The summed E-state index contributed by atoms with van der Waals surface area (Å²) in [5.74, 6) is 1.80. The summed E-state index contributed by atoms with van der Waals surface area (Å²) < 4.78 is 48.4. The minimum atomic E-state index is -0.543. The number of carbonyl (C=O) groups excluding carboxylic acids is 9. The number of hydrogen-bond acceptors (Lipinski definition) is 18. The molecule has 0 saturated heterocycles. The average Bonchev–Trinajstić information content (AvgIpc) is 0.850. The maximum atomic E-state index is 12.4. The average molecular weight is 1990 g/mol. The zero-order chi connectivity index (χ0) is 107. The van der Waals surface area contributed by atoms with Gasteiger partial charge in [0.2, 0.25) is 0 Å². The predicted octanol–water partition coefficient (Wildman–Crippen LogP) is 31.5. The second-order valence-corrected chi connectivity index (χ2v) is 35.1. The van der Waals surface area contributed by atoms with Gasteiger partial charge in [0.05, 0.1) is 44.5 Å². The SMILES string of the molecule is C/C=C/Cc1ccc(C(=O)Oc2ccc(C3CCC(C)CC3)cc2)cc1.C=CC(=O)Oc1ccc(C(=O)Oc2ccc(C)cc2)cc1C.C=Cc1ccc(C(=O)Oc2ccc(-c3ccc(C)cc3)cc2)cc1.C=Cc1ccc(C(=O)Oc2ccc(C)cc2)cc1.C=Cc1ccc(C(=O)Oc2ccc(OC(=O)c3ccc(C=C)cc3)c(C)c2)cc1.CC=Cc1ccc(C(=O)Oc2ccc(OC(=O)c3ccc(C=CC)cc3)c(C)c2)cc1. The first kappa shape index (κ1) is 112.